The number of benzene rings is 2. The standard InChI is InChI=1S/C27H27FN4O6S2/c1-32-8-7-16-11-15(3-6-18(16)27(32)35)19-12-22-21(13-20(19)28)31-26(39-22)24(40(36,37)10-9-38-2)25(34)29-14-23(33)30-17-4-5-17/h3,6-8,11-13,17,24H,4-5,9-10,14H2,1-2H3,(H,29,34)(H,30,33). The number of aromatic nitrogens is 2. The summed E-state index contributed by atoms with van der Waals surface area (Å²) in [5.41, 5.74) is 0.794. The predicted molar refractivity (Wildman–Crippen MR) is 150 cm³/mol. The predicted octanol–water partition coefficient (Wildman–Crippen LogP) is 2.45. The van der Waals surface area contributed by atoms with Gasteiger partial charge in [-0.15, -0.1) is 11.3 Å². The number of hydrogen-bond acceptors (Lipinski definition) is 8. The van der Waals surface area contributed by atoms with Gasteiger partial charge in [0, 0.05) is 43.4 Å². The topological polar surface area (TPSA) is 136 Å². The number of ether oxygens (including phenoxy) is 1. The van der Waals surface area contributed by atoms with Crippen LogP contribution in [0.25, 0.3) is 32.1 Å². The molecule has 2 heterocycles. The molecule has 2 aromatic heterocycles. The number of rotatable bonds is 10. The van der Waals surface area contributed by atoms with Crippen LogP contribution in [0.15, 0.2) is 47.4 Å². The van der Waals surface area contributed by atoms with E-state index in [-0.39, 0.29) is 40.8 Å². The van der Waals surface area contributed by atoms with Gasteiger partial charge in [-0.1, -0.05) is 6.07 Å². The molecule has 0 saturated heterocycles. The second-order valence-corrected chi connectivity index (χ2v) is 13.0. The molecule has 1 saturated carbocycles. The summed E-state index contributed by atoms with van der Waals surface area (Å²) in [6, 6.07) is 9.59. The number of sulfone groups is 1. The number of hydrogen-bond donors (Lipinski definition) is 2. The molecular formula is C27H27FN4O6S2. The van der Waals surface area contributed by atoms with E-state index in [1.165, 1.54) is 17.7 Å². The Morgan fingerprint density at radius 2 is 2.00 bits per heavy atom. The first-order valence-electron chi connectivity index (χ1n) is 12.5. The van der Waals surface area contributed by atoms with Crippen LogP contribution in [0.3, 0.4) is 0 Å². The van der Waals surface area contributed by atoms with Gasteiger partial charge in [0.2, 0.25) is 11.8 Å². The van der Waals surface area contributed by atoms with Gasteiger partial charge in [0.25, 0.3) is 5.56 Å². The molecule has 10 nitrogen and oxygen atoms in total. The summed E-state index contributed by atoms with van der Waals surface area (Å²) >= 11 is 0.962. The molecule has 5 rings (SSSR count). The first-order valence-corrected chi connectivity index (χ1v) is 15.1. The van der Waals surface area contributed by atoms with Crippen LogP contribution in [-0.4, -0.2) is 61.8 Å². The maximum absolute atomic E-state index is 15.3. The lowest BCUT2D eigenvalue weighted by Crippen LogP contribution is -2.41. The van der Waals surface area contributed by atoms with Crippen molar-refractivity contribution < 1.29 is 27.1 Å². The van der Waals surface area contributed by atoms with Crippen LogP contribution in [0.2, 0.25) is 0 Å². The summed E-state index contributed by atoms with van der Waals surface area (Å²) in [4.78, 5) is 41.9. The molecular weight excluding hydrogens is 559 g/mol. The van der Waals surface area contributed by atoms with Crippen LogP contribution in [0.4, 0.5) is 4.39 Å². The molecule has 210 valence electrons. The Morgan fingerprint density at radius 1 is 1.23 bits per heavy atom. The molecule has 2 N–H and O–H groups in total. The summed E-state index contributed by atoms with van der Waals surface area (Å²) in [5, 5.41) is 4.55. The Balaban J connectivity index is 1.50. The summed E-state index contributed by atoms with van der Waals surface area (Å²) in [5.74, 6) is -2.33. The second kappa shape index (κ2) is 11.1. The van der Waals surface area contributed by atoms with Gasteiger partial charge in [-0.2, -0.15) is 0 Å². The van der Waals surface area contributed by atoms with E-state index in [1.807, 2.05) is 0 Å². The van der Waals surface area contributed by atoms with Crippen molar-refractivity contribution in [3.8, 4) is 11.1 Å². The third-order valence-electron chi connectivity index (χ3n) is 6.64. The zero-order valence-corrected chi connectivity index (χ0v) is 23.4. The lowest BCUT2D eigenvalue weighted by atomic mass is 10.0. The van der Waals surface area contributed by atoms with Crippen molar-refractivity contribution in [1.29, 1.82) is 0 Å². The van der Waals surface area contributed by atoms with Gasteiger partial charge >= 0.3 is 0 Å². The Morgan fingerprint density at radius 3 is 2.73 bits per heavy atom. The maximum Gasteiger partial charge on any atom is 0.258 e. The Labute approximate surface area is 233 Å². The fourth-order valence-corrected chi connectivity index (χ4v) is 7.28. The molecule has 1 fully saturated rings. The number of halogens is 1. The van der Waals surface area contributed by atoms with Gasteiger partial charge in [0.1, 0.15) is 10.8 Å². The Bertz CT molecular complexity index is 1800. The van der Waals surface area contributed by atoms with Crippen molar-refractivity contribution in [1.82, 2.24) is 20.2 Å². The molecule has 0 bridgehead atoms. The Kier molecular flexibility index (Phi) is 7.71. The van der Waals surface area contributed by atoms with Crippen LogP contribution < -0.4 is 16.2 Å². The largest absolute Gasteiger partial charge is 0.384 e. The van der Waals surface area contributed by atoms with Crippen LogP contribution in [0.5, 0.6) is 0 Å². The van der Waals surface area contributed by atoms with Crippen LogP contribution >= 0.6 is 11.3 Å². The number of thiazole rings is 1. The summed E-state index contributed by atoms with van der Waals surface area (Å²) in [6.45, 7) is -0.511. The van der Waals surface area contributed by atoms with Crippen molar-refractivity contribution in [2.75, 3.05) is 26.0 Å². The minimum atomic E-state index is -4.09. The fourth-order valence-electron chi connectivity index (χ4n) is 4.32. The van der Waals surface area contributed by atoms with Crippen molar-refractivity contribution in [2.45, 2.75) is 24.1 Å². The zero-order valence-electron chi connectivity index (χ0n) is 21.8. The second-order valence-electron chi connectivity index (χ2n) is 9.69. The molecule has 1 atom stereocenters. The molecule has 0 spiro atoms. The number of methoxy groups -OCH3 is 1. The highest BCUT2D eigenvalue weighted by Crippen LogP contribution is 2.36. The highest BCUT2D eigenvalue weighted by Gasteiger charge is 2.37. The van der Waals surface area contributed by atoms with Gasteiger partial charge in [0.05, 0.1) is 29.1 Å². The van der Waals surface area contributed by atoms with E-state index in [1.54, 1.807) is 43.6 Å². The number of fused-ring (bicyclic) bond motifs is 2. The lowest BCUT2D eigenvalue weighted by Gasteiger charge is -2.15. The van der Waals surface area contributed by atoms with Crippen LogP contribution in [0, 0.1) is 5.82 Å². The molecule has 13 heteroatoms. The minimum absolute atomic E-state index is 0.0373. The molecule has 1 aliphatic carbocycles. The third-order valence-corrected chi connectivity index (χ3v) is 9.77. The number of carbonyl (C=O) groups is 2. The molecule has 2 aromatic carbocycles. The maximum atomic E-state index is 15.3. The van der Waals surface area contributed by atoms with E-state index in [0.717, 1.165) is 24.2 Å². The van der Waals surface area contributed by atoms with Gasteiger partial charge in [-0.25, -0.2) is 17.8 Å². The monoisotopic (exact) mass is 586 g/mol. The van der Waals surface area contributed by atoms with Crippen molar-refractivity contribution in [2.24, 2.45) is 7.05 Å². The SMILES string of the molecule is COCCS(=O)(=O)C(C(=O)NCC(=O)NC1CC1)c1nc2cc(F)c(-c3ccc4c(=O)n(C)ccc4c3)cc2s1. The molecule has 0 aliphatic heterocycles. The zero-order chi connectivity index (χ0) is 28.6. The van der Waals surface area contributed by atoms with Gasteiger partial charge in [0.15, 0.2) is 15.1 Å². The number of amides is 2. The van der Waals surface area contributed by atoms with Gasteiger partial charge in [-0.3, -0.25) is 14.4 Å². The first-order chi connectivity index (χ1) is 19.1. The van der Waals surface area contributed by atoms with Gasteiger partial charge in [-0.05, 0) is 48.1 Å². The van der Waals surface area contributed by atoms with Crippen molar-refractivity contribution >= 4 is 54.0 Å². The van der Waals surface area contributed by atoms with Gasteiger partial charge < -0.3 is 19.9 Å². The molecule has 2 amide bonds. The van der Waals surface area contributed by atoms with E-state index < -0.39 is 38.5 Å². The van der Waals surface area contributed by atoms with Crippen LogP contribution in [-0.2, 0) is 31.2 Å². The number of carbonyl (C=O) groups excluding carboxylic acids is 2. The first kappa shape index (κ1) is 27.9. The Hall–Kier alpha value is -3.68. The molecule has 1 unspecified atom stereocenters. The molecule has 40 heavy (non-hydrogen) atoms. The summed E-state index contributed by atoms with van der Waals surface area (Å²) in [7, 11) is -1.10. The fraction of sp³-hybridized carbons (Fsp3) is 0.333. The average Bonchev–Trinajstić information content (AvgIpc) is 3.64. The molecule has 4 aromatic rings. The number of nitrogens with zero attached hydrogens (tertiary/aromatic N) is 2. The number of aryl methyl sites for hydroxylation is 1. The van der Waals surface area contributed by atoms with Crippen molar-refractivity contribution in [3.05, 3.63) is 63.8 Å². The van der Waals surface area contributed by atoms with E-state index >= 15 is 4.39 Å². The minimum Gasteiger partial charge on any atom is -0.384 e. The molecule has 0 radical (unpaired) electrons. The third kappa shape index (κ3) is 5.76. The van der Waals surface area contributed by atoms with E-state index in [9.17, 15) is 22.8 Å². The normalized spacial score (nSPS) is 14.4. The van der Waals surface area contributed by atoms with E-state index in [4.69, 9.17) is 4.74 Å². The number of pyridine rings is 1. The van der Waals surface area contributed by atoms with Crippen molar-refractivity contribution in [3.63, 3.8) is 0 Å². The lowest BCUT2D eigenvalue weighted by molar-refractivity contribution is -0.126. The highest BCUT2D eigenvalue weighted by molar-refractivity contribution is 7.92. The smallest absolute Gasteiger partial charge is 0.258 e. The summed E-state index contributed by atoms with van der Waals surface area (Å²) < 4.78 is 48.5. The average molecular weight is 587 g/mol. The quantitative estimate of drug-likeness (QED) is 0.291. The summed E-state index contributed by atoms with van der Waals surface area (Å²) in [6.07, 6.45) is 3.37. The van der Waals surface area contributed by atoms with E-state index in [0.29, 0.717) is 21.0 Å². The molecule has 1 aliphatic rings. The van der Waals surface area contributed by atoms with Crippen LogP contribution in [0.1, 0.15) is 23.1 Å². The van der Waals surface area contributed by atoms with E-state index in [2.05, 4.69) is 15.6 Å². The highest BCUT2D eigenvalue weighted by atomic mass is 32.2. The number of nitrogens with one attached hydrogen (secondary N) is 2.